The molecular weight excluding hydrogens is 350 g/mol. The van der Waals surface area contributed by atoms with E-state index in [2.05, 4.69) is 5.32 Å². The summed E-state index contributed by atoms with van der Waals surface area (Å²) in [6.07, 6.45) is 2.00. The Kier molecular flexibility index (Phi) is 5.07. The maximum absolute atomic E-state index is 12.9. The van der Waals surface area contributed by atoms with Gasteiger partial charge < -0.3 is 15.3 Å². The number of hydrogen-bond acceptors (Lipinski definition) is 5. The van der Waals surface area contributed by atoms with E-state index in [1.807, 2.05) is 4.90 Å². The zero-order valence-electron chi connectivity index (χ0n) is 14.8. The van der Waals surface area contributed by atoms with Crippen molar-refractivity contribution in [1.29, 1.82) is 0 Å². The number of carboxylic acids is 1. The molecule has 0 radical (unpaired) electrons. The van der Waals surface area contributed by atoms with E-state index in [4.69, 9.17) is 5.11 Å². The zero-order chi connectivity index (χ0) is 19.6. The highest BCUT2D eigenvalue weighted by Gasteiger charge is 2.23. The average molecular weight is 369 g/mol. The molecule has 0 unspecified atom stereocenters. The van der Waals surface area contributed by atoms with E-state index in [9.17, 15) is 19.7 Å². The second kappa shape index (κ2) is 7.45. The van der Waals surface area contributed by atoms with Gasteiger partial charge in [0.2, 0.25) is 0 Å². The van der Waals surface area contributed by atoms with Crippen molar-refractivity contribution in [2.45, 2.75) is 19.8 Å². The lowest BCUT2D eigenvalue weighted by molar-refractivity contribution is -0.384. The first-order chi connectivity index (χ1) is 12.9. The van der Waals surface area contributed by atoms with E-state index >= 15 is 0 Å². The molecule has 0 bridgehead atoms. The van der Waals surface area contributed by atoms with E-state index in [1.165, 1.54) is 24.3 Å². The Hall–Kier alpha value is -3.42. The number of non-ortho nitro benzene ring substituents is 1. The summed E-state index contributed by atoms with van der Waals surface area (Å²) in [4.78, 5) is 36.7. The highest BCUT2D eigenvalue weighted by Crippen LogP contribution is 2.29. The van der Waals surface area contributed by atoms with Crippen LogP contribution in [0.2, 0.25) is 0 Å². The molecule has 1 aliphatic rings. The molecule has 1 fully saturated rings. The minimum absolute atomic E-state index is 0.0507. The number of nitro benzene ring substituents is 1. The van der Waals surface area contributed by atoms with Crippen LogP contribution in [0.3, 0.4) is 0 Å². The standard InChI is InChI=1S/C19H19N3O5/c1-12-4-5-13(19(24)25)10-16(12)20-18(23)15-11-14(22(26)27)6-7-17(15)21-8-2-3-9-21/h4-7,10-11H,2-3,8-9H2,1H3,(H,20,23)(H,24,25). The third kappa shape index (κ3) is 3.89. The van der Waals surface area contributed by atoms with Gasteiger partial charge >= 0.3 is 5.97 Å². The van der Waals surface area contributed by atoms with Crippen LogP contribution in [-0.2, 0) is 0 Å². The van der Waals surface area contributed by atoms with Crippen LogP contribution in [0.4, 0.5) is 17.1 Å². The van der Waals surface area contributed by atoms with Crippen molar-refractivity contribution in [1.82, 2.24) is 0 Å². The molecule has 0 saturated carbocycles. The third-order valence-corrected chi connectivity index (χ3v) is 4.62. The summed E-state index contributed by atoms with van der Waals surface area (Å²) in [7, 11) is 0. The minimum atomic E-state index is -1.10. The second-order valence-electron chi connectivity index (χ2n) is 6.44. The molecule has 1 amide bonds. The van der Waals surface area contributed by atoms with Gasteiger partial charge in [-0.3, -0.25) is 14.9 Å². The normalized spacial score (nSPS) is 13.4. The number of aryl methyl sites for hydroxylation is 1. The molecule has 2 aromatic carbocycles. The number of carboxylic acid groups (broad SMARTS) is 1. The maximum atomic E-state index is 12.9. The lowest BCUT2D eigenvalue weighted by atomic mass is 10.1. The molecule has 2 N–H and O–H groups in total. The maximum Gasteiger partial charge on any atom is 0.335 e. The van der Waals surface area contributed by atoms with E-state index < -0.39 is 16.8 Å². The van der Waals surface area contributed by atoms with E-state index in [1.54, 1.807) is 19.1 Å². The number of carbonyl (C=O) groups excluding carboxylic acids is 1. The highest BCUT2D eigenvalue weighted by atomic mass is 16.6. The first kappa shape index (κ1) is 18.4. The largest absolute Gasteiger partial charge is 0.478 e. The van der Waals surface area contributed by atoms with Gasteiger partial charge in [0.05, 0.1) is 21.7 Å². The van der Waals surface area contributed by atoms with Crippen LogP contribution in [0.15, 0.2) is 36.4 Å². The van der Waals surface area contributed by atoms with Crippen molar-refractivity contribution in [2.24, 2.45) is 0 Å². The molecule has 3 rings (SSSR count). The predicted octanol–water partition coefficient (Wildman–Crippen LogP) is 3.45. The van der Waals surface area contributed by atoms with Gasteiger partial charge in [0.1, 0.15) is 0 Å². The third-order valence-electron chi connectivity index (χ3n) is 4.62. The highest BCUT2D eigenvalue weighted by molar-refractivity contribution is 6.09. The minimum Gasteiger partial charge on any atom is -0.478 e. The summed E-state index contributed by atoms with van der Waals surface area (Å²) >= 11 is 0. The first-order valence-electron chi connectivity index (χ1n) is 8.55. The van der Waals surface area contributed by atoms with Gasteiger partial charge in [-0.05, 0) is 43.5 Å². The van der Waals surface area contributed by atoms with Crippen LogP contribution in [0.5, 0.6) is 0 Å². The van der Waals surface area contributed by atoms with E-state index in [0.29, 0.717) is 16.9 Å². The number of anilines is 2. The van der Waals surface area contributed by atoms with Crippen LogP contribution in [0.25, 0.3) is 0 Å². The quantitative estimate of drug-likeness (QED) is 0.616. The van der Waals surface area contributed by atoms with Gasteiger partial charge in [-0.15, -0.1) is 0 Å². The summed E-state index contributed by atoms with van der Waals surface area (Å²) in [6.45, 7) is 3.31. The SMILES string of the molecule is Cc1ccc(C(=O)O)cc1NC(=O)c1cc([N+](=O)[O-])ccc1N1CCCC1. The summed E-state index contributed by atoms with van der Waals surface area (Å²) in [5.41, 5.74) is 1.78. The molecule has 8 heteroatoms. The molecule has 0 atom stereocenters. The Morgan fingerprint density at radius 3 is 2.48 bits per heavy atom. The summed E-state index contributed by atoms with van der Waals surface area (Å²) in [5, 5.41) is 23.0. The second-order valence-corrected chi connectivity index (χ2v) is 6.44. The topological polar surface area (TPSA) is 113 Å². The lowest BCUT2D eigenvalue weighted by Gasteiger charge is -2.21. The summed E-state index contributed by atoms with van der Waals surface area (Å²) in [6, 6.07) is 8.69. The number of benzene rings is 2. The number of aromatic carboxylic acids is 1. The fourth-order valence-electron chi connectivity index (χ4n) is 3.13. The Labute approximate surface area is 155 Å². The Morgan fingerprint density at radius 1 is 1.15 bits per heavy atom. The van der Waals surface area contributed by atoms with Crippen LogP contribution in [0.1, 0.15) is 39.1 Å². The van der Waals surface area contributed by atoms with Gasteiger partial charge in [-0.25, -0.2) is 4.79 Å². The predicted molar refractivity (Wildman–Crippen MR) is 101 cm³/mol. The van der Waals surface area contributed by atoms with Gasteiger partial charge in [0, 0.05) is 30.9 Å². The van der Waals surface area contributed by atoms with Crippen LogP contribution in [-0.4, -0.2) is 35.0 Å². The lowest BCUT2D eigenvalue weighted by Crippen LogP contribution is -2.23. The zero-order valence-corrected chi connectivity index (χ0v) is 14.8. The number of nitro groups is 1. The van der Waals surface area contributed by atoms with Gasteiger partial charge in [0.25, 0.3) is 11.6 Å². The van der Waals surface area contributed by atoms with Crippen molar-refractivity contribution in [2.75, 3.05) is 23.3 Å². The fourth-order valence-corrected chi connectivity index (χ4v) is 3.13. The molecule has 0 aromatic heterocycles. The Balaban J connectivity index is 1.98. The molecule has 27 heavy (non-hydrogen) atoms. The van der Waals surface area contributed by atoms with E-state index in [0.717, 1.165) is 25.9 Å². The number of nitrogens with zero attached hydrogens (tertiary/aromatic N) is 2. The van der Waals surface area contributed by atoms with Crippen molar-refractivity contribution in [3.05, 3.63) is 63.2 Å². The molecule has 2 aromatic rings. The summed E-state index contributed by atoms with van der Waals surface area (Å²) in [5.74, 6) is -1.61. The average Bonchev–Trinajstić information content (AvgIpc) is 3.17. The smallest absolute Gasteiger partial charge is 0.335 e. The van der Waals surface area contributed by atoms with Crippen LogP contribution >= 0.6 is 0 Å². The molecule has 0 spiro atoms. The molecule has 140 valence electrons. The number of hydrogen-bond donors (Lipinski definition) is 2. The van der Waals surface area contributed by atoms with Gasteiger partial charge in [-0.1, -0.05) is 6.07 Å². The molecule has 8 nitrogen and oxygen atoms in total. The van der Waals surface area contributed by atoms with Crippen molar-refractivity contribution in [3.63, 3.8) is 0 Å². The van der Waals surface area contributed by atoms with Crippen molar-refractivity contribution in [3.8, 4) is 0 Å². The molecule has 1 saturated heterocycles. The van der Waals surface area contributed by atoms with Gasteiger partial charge in [0.15, 0.2) is 0 Å². The number of carbonyl (C=O) groups is 2. The fraction of sp³-hybridized carbons (Fsp3) is 0.263. The van der Waals surface area contributed by atoms with Crippen LogP contribution < -0.4 is 10.2 Å². The number of rotatable bonds is 5. The molecule has 1 heterocycles. The molecule has 1 aliphatic heterocycles. The summed E-state index contributed by atoms with van der Waals surface area (Å²) < 4.78 is 0. The van der Waals surface area contributed by atoms with Gasteiger partial charge in [-0.2, -0.15) is 0 Å². The van der Waals surface area contributed by atoms with Crippen molar-refractivity contribution < 1.29 is 19.6 Å². The number of amides is 1. The first-order valence-corrected chi connectivity index (χ1v) is 8.55. The Morgan fingerprint density at radius 2 is 1.85 bits per heavy atom. The monoisotopic (exact) mass is 369 g/mol. The number of nitrogens with one attached hydrogen (secondary N) is 1. The van der Waals surface area contributed by atoms with E-state index in [-0.39, 0.29) is 16.8 Å². The molecule has 0 aliphatic carbocycles. The van der Waals surface area contributed by atoms with Crippen molar-refractivity contribution >= 4 is 28.9 Å². The van der Waals surface area contributed by atoms with Crippen LogP contribution in [0, 0.1) is 17.0 Å². The molecular formula is C19H19N3O5. The Bertz CT molecular complexity index is 920.